The van der Waals surface area contributed by atoms with Crippen molar-refractivity contribution in [2.45, 2.75) is 6.54 Å². The van der Waals surface area contributed by atoms with Gasteiger partial charge < -0.3 is 9.47 Å². The summed E-state index contributed by atoms with van der Waals surface area (Å²) in [5.74, 6) is 0.408. The lowest BCUT2D eigenvalue weighted by Crippen LogP contribution is -2.02. The van der Waals surface area contributed by atoms with E-state index in [-0.39, 0.29) is 5.97 Å². The zero-order valence-electron chi connectivity index (χ0n) is 11.4. The number of rotatable bonds is 5. The molecule has 0 aliphatic rings. The molecule has 0 amide bonds. The van der Waals surface area contributed by atoms with Crippen molar-refractivity contribution in [3.05, 3.63) is 53.9 Å². The van der Waals surface area contributed by atoms with Crippen LogP contribution >= 0.6 is 0 Å². The summed E-state index contributed by atoms with van der Waals surface area (Å²) in [6, 6.07) is 7.58. The number of hydrogen-bond acceptors (Lipinski definition) is 4. The summed E-state index contributed by atoms with van der Waals surface area (Å²) in [6.45, 7) is 0.607. The molecule has 0 aliphatic carbocycles. The van der Waals surface area contributed by atoms with Gasteiger partial charge in [-0.25, -0.2) is 4.79 Å². The summed E-state index contributed by atoms with van der Waals surface area (Å²) in [5, 5.41) is 4.17. The summed E-state index contributed by atoms with van der Waals surface area (Å²) in [7, 11) is 2.98. The van der Waals surface area contributed by atoms with E-state index in [0.717, 1.165) is 16.9 Å². The van der Waals surface area contributed by atoms with E-state index in [0.29, 0.717) is 6.54 Å². The second-order valence-electron chi connectivity index (χ2n) is 4.13. The third-order valence-electron chi connectivity index (χ3n) is 2.81. The molecular weight excluding hydrogens is 256 g/mol. The molecule has 1 heterocycles. The molecule has 5 nitrogen and oxygen atoms in total. The Bertz CT molecular complexity index is 604. The first-order chi connectivity index (χ1) is 9.72. The van der Waals surface area contributed by atoms with Crippen LogP contribution in [0.1, 0.15) is 11.1 Å². The molecule has 20 heavy (non-hydrogen) atoms. The van der Waals surface area contributed by atoms with Gasteiger partial charge >= 0.3 is 5.97 Å². The number of carbonyl (C=O) groups excluding carboxylic acids is 1. The Morgan fingerprint density at radius 3 is 2.90 bits per heavy atom. The molecule has 0 radical (unpaired) electrons. The molecule has 2 rings (SSSR count). The topological polar surface area (TPSA) is 53.4 Å². The van der Waals surface area contributed by atoms with Gasteiger partial charge in [-0.3, -0.25) is 4.68 Å². The van der Waals surface area contributed by atoms with Gasteiger partial charge in [-0.05, 0) is 29.8 Å². The minimum atomic E-state index is -0.380. The molecule has 2 aromatic rings. The Morgan fingerprint density at radius 2 is 2.25 bits per heavy atom. The van der Waals surface area contributed by atoms with Crippen LogP contribution in [0.3, 0.4) is 0 Å². The van der Waals surface area contributed by atoms with Crippen LogP contribution in [-0.2, 0) is 16.1 Å². The molecule has 0 bridgehead atoms. The minimum Gasteiger partial charge on any atom is -0.496 e. The second-order valence-corrected chi connectivity index (χ2v) is 4.13. The van der Waals surface area contributed by atoms with Gasteiger partial charge in [0, 0.05) is 24.0 Å². The van der Waals surface area contributed by atoms with Crippen molar-refractivity contribution >= 4 is 12.0 Å². The van der Waals surface area contributed by atoms with Crippen LogP contribution in [0.25, 0.3) is 6.08 Å². The number of carbonyl (C=O) groups is 1. The van der Waals surface area contributed by atoms with E-state index in [9.17, 15) is 4.79 Å². The van der Waals surface area contributed by atoms with E-state index in [1.807, 2.05) is 35.1 Å². The maximum Gasteiger partial charge on any atom is 0.330 e. The molecular formula is C15H16N2O3. The van der Waals surface area contributed by atoms with Gasteiger partial charge in [-0.1, -0.05) is 6.07 Å². The fourth-order valence-corrected chi connectivity index (χ4v) is 1.83. The highest BCUT2D eigenvalue weighted by molar-refractivity contribution is 5.86. The Morgan fingerprint density at radius 1 is 1.40 bits per heavy atom. The highest BCUT2D eigenvalue weighted by Crippen LogP contribution is 2.21. The second kappa shape index (κ2) is 6.56. The Hall–Kier alpha value is -2.56. The van der Waals surface area contributed by atoms with Gasteiger partial charge in [0.1, 0.15) is 5.75 Å². The number of nitrogens with zero attached hydrogens (tertiary/aromatic N) is 2. The zero-order valence-corrected chi connectivity index (χ0v) is 11.4. The molecule has 0 atom stereocenters. The fraction of sp³-hybridized carbons (Fsp3) is 0.200. The van der Waals surface area contributed by atoms with E-state index in [2.05, 4.69) is 9.84 Å². The van der Waals surface area contributed by atoms with E-state index >= 15 is 0 Å². The fourth-order valence-electron chi connectivity index (χ4n) is 1.83. The monoisotopic (exact) mass is 272 g/mol. The van der Waals surface area contributed by atoms with Crippen LogP contribution in [0.15, 0.2) is 42.7 Å². The molecule has 0 aliphatic heterocycles. The number of esters is 1. The van der Waals surface area contributed by atoms with Crippen molar-refractivity contribution in [2.75, 3.05) is 14.2 Å². The van der Waals surface area contributed by atoms with Crippen LogP contribution in [0.4, 0.5) is 0 Å². The van der Waals surface area contributed by atoms with E-state index in [1.54, 1.807) is 19.4 Å². The van der Waals surface area contributed by atoms with Crippen molar-refractivity contribution in [1.29, 1.82) is 0 Å². The van der Waals surface area contributed by atoms with Gasteiger partial charge in [0.05, 0.1) is 20.8 Å². The lowest BCUT2D eigenvalue weighted by Gasteiger charge is -2.09. The summed E-state index contributed by atoms with van der Waals surface area (Å²) in [4.78, 5) is 11.1. The molecule has 0 N–H and O–H groups in total. The van der Waals surface area contributed by atoms with Gasteiger partial charge in [-0.15, -0.1) is 0 Å². The smallest absolute Gasteiger partial charge is 0.330 e. The first kappa shape index (κ1) is 13.9. The van der Waals surface area contributed by atoms with Crippen LogP contribution in [0.2, 0.25) is 0 Å². The van der Waals surface area contributed by atoms with Crippen molar-refractivity contribution in [3.8, 4) is 5.75 Å². The summed E-state index contributed by atoms with van der Waals surface area (Å²) in [5.41, 5.74) is 1.89. The summed E-state index contributed by atoms with van der Waals surface area (Å²) >= 11 is 0. The molecule has 0 unspecified atom stereocenters. The summed E-state index contributed by atoms with van der Waals surface area (Å²) < 4.78 is 11.7. The lowest BCUT2D eigenvalue weighted by atomic mass is 10.1. The molecule has 1 aromatic heterocycles. The molecule has 0 saturated carbocycles. The molecule has 0 spiro atoms. The molecule has 0 saturated heterocycles. The average molecular weight is 272 g/mol. The van der Waals surface area contributed by atoms with E-state index < -0.39 is 0 Å². The number of aromatic nitrogens is 2. The van der Waals surface area contributed by atoms with Gasteiger partial charge in [0.25, 0.3) is 0 Å². The molecule has 104 valence electrons. The van der Waals surface area contributed by atoms with Crippen molar-refractivity contribution < 1.29 is 14.3 Å². The minimum absolute atomic E-state index is 0.380. The highest BCUT2D eigenvalue weighted by Gasteiger charge is 2.05. The largest absolute Gasteiger partial charge is 0.496 e. The third-order valence-corrected chi connectivity index (χ3v) is 2.81. The maximum atomic E-state index is 11.1. The predicted octanol–water partition coefficient (Wildman–Crippen LogP) is 2.13. The highest BCUT2D eigenvalue weighted by atomic mass is 16.5. The first-order valence-corrected chi connectivity index (χ1v) is 6.13. The summed E-state index contributed by atoms with van der Waals surface area (Å²) in [6.07, 6.45) is 6.71. The lowest BCUT2D eigenvalue weighted by molar-refractivity contribution is -0.134. The Kier molecular flexibility index (Phi) is 4.55. The third kappa shape index (κ3) is 3.47. The SMILES string of the molecule is COC(=O)C=Cc1ccc(OC)c(Cn2cccn2)c1. The van der Waals surface area contributed by atoms with Crippen molar-refractivity contribution in [2.24, 2.45) is 0 Å². The molecule has 5 heteroatoms. The van der Waals surface area contributed by atoms with Crippen molar-refractivity contribution in [1.82, 2.24) is 9.78 Å². The molecule has 0 fully saturated rings. The van der Waals surface area contributed by atoms with Crippen LogP contribution < -0.4 is 4.74 Å². The van der Waals surface area contributed by atoms with E-state index in [1.165, 1.54) is 13.2 Å². The zero-order chi connectivity index (χ0) is 14.4. The normalized spacial score (nSPS) is 10.7. The standard InChI is InChI=1S/C15H16N2O3/c1-19-14-6-4-12(5-7-15(18)20-2)10-13(14)11-17-9-3-8-16-17/h3-10H,11H2,1-2H3. The van der Waals surface area contributed by atoms with Gasteiger partial charge in [-0.2, -0.15) is 5.10 Å². The number of methoxy groups -OCH3 is 2. The van der Waals surface area contributed by atoms with Gasteiger partial charge in [0.15, 0.2) is 0 Å². The average Bonchev–Trinajstić information content (AvgIpc) is 2.98. The number of ether oxygens (including phenoxy) is 2. The number of benzene rings is 1. The van der Waals surface area contributed by atoms with Crippen LogP contribution in [-0.4, -0.2) is 30.0 Å². The van der Waals surface area contributed by atoms with E-state index in [4.69, 9.17) is 4.74 Å². The maximum absolute atomic E-state index is 11.1. The Labute approximate surface area is 117 Å². The van der Waals surface area contributed by atoms with Crippen molar-refractivity contribution in [3.63, 3.8) is 0 Å². The number of hydrogen-bond donors (Lipinski definition) is 0. The van der Waals surface area contributed by atoms with Crippen LogP contribution in [0.5, 0.6) is 5.75 Å². The quantitative estimate of drug-likeness (QED) is 0.618. The molecule has 1 aromatic carbocycles. The Balaban J connectivity index is 2.24. The predicted molar refractivity (Wildman–Crippen MR) is 75.4 cm³/mol. The van der Waals surface area contributed by atoms with Gasteiger partial charge in [0.2, 0.25) is 0 Å². The van der Waals surface area contributed by atoms with Crippen LogP contribution in [0, 0.1) is 0 Å². The first-order valence-electron chi connectivity index (χ1n) is 6.13.